The summed E-state index contributed by atoms with van der Waals surface area (Å²) >= 11 is 0. The fraction of sp³-hybridized carbons (Fsp3) is 0.452. The lowest BCUT2D eigenvalue weighted by Gasteiger charge is -2.35. The molecule has 4 rings (SSSR count). The van der Waals surface area contributed by atoms with Crippen molar-refractivity contribution in [3.05, 3.63) is 72.2 Å². The van der Waals surface area contributed by atoms with Crippen LogP contribution in [0.2, 0.25) is 0 Å². The molecule has 1 aliphatic carbocycles. The standard InChI is InChI=1S/C31H40N4O4/c1-31(2,3)39-30(37)35(4)24-16-14-22(15-17-24)29(36)34-26(18-21-10-7-6-8-11-21)28-32-20-27(33-28)23-12-9-13-25(19-23)38-5/h6-13,19-20,22,24,26H,14-18H2,1-5H3,(H,32,33)(H,34,36)/t22?,24?,26-/m0/s1. The van der Waals surface area contributed by atoms with Gasteiger partial charge < -0.3 is 24.7 Å². The normalized spacial score (nSPS) is 18.2. The number of methoxy groups -OCH3 is 1. The van der Waals surface area contributed by atoms with Crippen molar-refractivity contribution in [2.45, 2.75) is 70.6 Å². The Kier molecular flexibility index (Phi) is 8.94. The van der Waals surface area contributed by atoms with E-state index in [0.717, 1.165) is 48.3 Å². The number of hydrogen-bond donors (Lipinski definition) is 2. The van der Waals surface area contributed by atoms with Crippen LogP contribution >= 0.6 is 0 Å². The molecule has 208 valence electrons. The van der Waals surface area contributed by atoms with E-state index < -0.39 is 5.60 Å². The van der Waals surface area contributed by atoms with Gasteiger partial charge in [-0.25, -0.2) is 9.78 Å². The van der Waals surface area contributed by atoms with Gasteiger partial charge in [-0.2, -0.15) is 0 Å². The first-order chi connectivity index (χ1) is 18.6. The zero-order valence-electron chi connectivity index (χ0n) is 23.6. The number of H-pyrrole nitrogens is 1. The Bertz CT molecular complexity index is 1240. The Morgan fingerprint density at radius 3 is 2.46 bits per heavy atom. The predicted molar refractivity (Wildman–Crippen MR) is 151 cm³/mol. The van der Waals surface area contributed by atoms with Gasteiger partial charge in [0.15, 0.2) is 0 Å². The van der Waals surface area contributed by atoms with Gasteiger partial charge in [-0.15, -0.1) is 0 Å². The van der Waals surface area contributed by atoms with Gasteiger partial charge in [0, 0.05) is 24.6 Å². The van der Waals surface area contributed by atoms with Crippen molar-refractivity contribution in [3.63, 3.8) is 0 Å². The molecular formula is C31H40N4O4. The second-order valence-corrected chi connectivity index (χ2v) is 11.3. The molecule has 2 aromatic carbocycles. The maximum Gasteiger partial charge on any atom is 0.410 e. The van der Waals surface area contributed by atoms with Gasteiger partial charge >= 0.3 is 6.09 Å². The van der Waals surface area contributed by atoms with E-state index in [1.165, 1.54) is 0 Å². The lowest BCUT2D eigenvalue weighted by atomic mass is 9.84. The third kappa shape index (κ3) is 7.62. The Morgan fingerprint density at radius 2 is 1.79 bits per heavy atom. The largest absolute Gasteiger partial charge is 0.497 e. The molecule has 0 bridgehead atoms. The highest BCUT2D eigenvalue weighted by Gasteiger charge is 2.33. The summed E-state index contributed by atoms with van der Waals surface area (Å²) in [6, 6.07) is 17.7. The molecule has 1 saturated carbocycles. The van der Waals surface area contributed by atoms with Gasteiger partial charge in [0.2, 0.25) is 5.91 Å². The van der Waals surface area contributed by atoms with Crippen molar-refractivity contribution >= 4 is 12.0 Å². The first-order valence-electron chi connectivity index (χ1n) is 13.6. The van der Waals surface area contributed by atoms with Crippen molar-refractivity contribution in [1.82, 2.24) is 20.2 Å². The summed E-state index contributed by atoms with van der Waals surface area (Å²) in [7, 11) is 3.43. The smallest absolute Gasteiger partial charge is 0.410 e. The van der Waals surface area contributed by atoms with E-state index in [2.05, 4.69) is 27.4 Å². The van der Waals surface area contributed by atoms with E-state index in [0.29, 0.717) is 12.2 Å². The minimum Gasteiger partial charge on any atom is -0.497 e. The van der Waals surface area contributed by atoms with Crippen LogP contribution in [0.4, 0.5) is 4.79 Å². The summed E-state index contributed by atoms with van der Waals surface area (Å²) in [6.45, 7) is 5.60. The molecule has 1 fully saturated rings. The van der Waals surface area contributed by atoms with E-state index in [-0.39, 0.29) is 30.0 Å². The van der Waals surface area contributed by atoms with E-state index in [4.69, 9.17) is 9.47 Å². The molecule has 1 heterocycles. The number of amides is 2. The lowest BCUT2D eigenvalue weighted by molar-refractivity contribution is -0.127. The average Bonchev–Trinajstić information content (AvgIpc) is 3.42. The van der Waals surface area contributed by atoms with Crippen molar-refractivity contribution in [1.29, 1.82) is 0 Å². The third-order valence-electron chi connectivity index (χ3n) is 7.20. The summed E-state index contributed by atoms with van der Waals surface area (Å²) in [6.07, 6.45) is 5.06. The van der Waals surface area contributed by atoms with Crippen LogP contribution in [-0.2, 0) is 16.0 Å². The van der Waals surface area contributed by atoms with Crippen LogP contribution in [-0.4, -0.2) is 52.7 Å². The Hall–Kier alpha value is -3.81. The molecule has 0 spiro atoms. The van der Waals surface area contributed by atoms with Crippen LogP contribution in [0.1, 0.15) is 63.9 Å². The van der Waals surface area contributed by atoms with Crippen LogP contribution in [0, 0.1) is 5.92 Å². The molecule has 1 atom stereocenters. The van der Waals surface area contributed by atoms with E-state index >= 15 is 0 Å². The quantitative estimate of drug-likeness (QED) is 0.376. The van der Waals surface area contributed by atoms with Crippen molar-refractivity contribution in [2.75, 3.05) is 14.2 Å². The Morgan fingerprint density at radius 1 is 1.08 bits per heavy atom. The number of imidazole rings is 1. The number of aromatic amines is 1. The molecule has 8 nitrogen and oxygen atoms in total. The molecule has 0 unspecified atom stereocenters. The number of hydrogen-bond acceptors (Lipinski definition) is 5. The zero-order chi connectivity index (χ0) is 28.0. The van der Waals surface area contributed by atoms with Crippen molar-refractivity contribution < 1.29 is 19.1 Å². The average molecular weight is 533 g/mol. The van der Waals surface area contributed by atoms with Gasteiger partial charge in [0.25, 0.3) is 0 Å². The predicted octanol–water partition coefficient (Wildman–Crippen LogP) is 5.91. The molecule has 1 aliphatic rings. The van der Waals surface area contributed by atoms with Gasteiger partial charge in [-0.3, -0.25) is 4.79 Å². The molecule has 8 heteroatoms. The molecule has 39 heavy (non-hydrogen) atoms. The zero-order valence-corrected chi connectivity index (χ0v) is 23.6. The number of carbonyl (C=O) groups excluding carboxylic acids is 2. The lowest BCUT2D eigenvalue weighted by Crippen LogP contribution is -2.44. The van der Waals surface area contributed by atoms with Crippen LogP contribution < -0.4 is 10.1 Å². The van der Waals surface area contributed by atoms with E-state index in [9.17, 15) is 9.59 Å². The minimum atomic E-state index is -0.533. The Labute approximate surface area is 231 Å². The summed E-state index contributed by atoms with van der Waals surface area (Å²) in [4.78, 5) is 35.7. The number of benzene rings is 2. The second-order valence-electron chi connectivity index (χ2n) is 11.3. The molecule has 0 saturated heterocycles. The number of rotatable bonds is 8. The van der Waals surface area contributed by atoms with Gasteiger partial charge in [-0.05, 0) is 70.6 Å². The molecule has 1 aromatic heterocycles. The summed E-state index contributed by atoms with van der Waals surface area (Å²) in [5.41, 5.74) is 2.41. The molecule has 2 amide bonds. The molecular weight excluding hydrogens is 492 g/mol. The summed E-state index contributed by atoms with van der Waals surface area (Å²) in [5.74, 6) is 1.39. The number of ether oxygens (including phenoxy) is 2. The first kappa shape index (κ1) is 28.2. The molecule has 0 aliphatic heterocycles. The number of aromatic nitrogens is 2. The third-order valence-corrected chi connectivity index (χ3v) is 7.20. The highest BCUT2D eigenvalue weighted by molar-refractivity contribution is 5.79. The summed E-state index contributed by atoms with van der Waals surface area (Å²) < 4.78 is 10.9. The van der Waals surface area contributed by atoms with Gasteiger partial charge in [0.05, 0.1) is 25.0 Å². The van der Waals surface area contributed by atoms with Crippen LogP contribution in [0.25, 0.3) is 11.3 Å². The van der Waals surface area contributed by atoms with Gasteiger partial charge in [-0.1, -0.05) is 42.5 Å². The first-order valence-corrected chi connectivity index (χ1v) is 13.6. The Balaban J connectivity index is 1.44. The number of nitrogens with zero attached hydrogens (tertiary/aromatic N) is 2. The van der Waals surface area contributed by atoms with E-state index in [1.54, 1.807) is 25.3 Å². The van der Waals surface area contributed by atoms with E-state index in [1.807, 2.05) is 63.2 Å². The summed E-state index contributed by atoms with van der Waals surface area (Å²) in [5, 5.41) is 3.27. The van der Waals surface area contributed by atoms with Crippen LogP contribution in [0.3, 0.4) is 0 Å². The topological polar surface area (TPSA) is 96.6 Å². The minimum absolute atomic E-state index is 0.0219. The number of nitrogens with one attached hydrogen (secondary N) is 2. The monoisotopic (exact) mass is 532 g/mol. The molecule has 3 aromatic rings. The second kappa shape index (κ2) is 12.4. The SMILES string of the molecule is COc1cccc(-c2cnc([C@H](Cc3ccccc3)NC(=O)C3CCC(N(C)C(=O)OC(C)(C)C)CC3)[nH]2)c1. The fourth-order valence-corrected chi connectivity index (χ4v) is 5.01. The van der Waals surface area contributed by atoms with Crippen molar-refractivity contribution in [2.24, 2.45) is 5.92 Å². The van der Waals surface area contributed by atoms with Crippen LogP contribution in [0.15, 0.2) is 60.8 Å². The highest BCUT2D eigenvalue weighted by atomic mass is 16.6. The fourth-order valence-electron chi connectivity index (χ4n) is 5.01. The highest BCUT2D eigenvalue weighted by Crippen LogP contribution is 2.30. The van der Waals surface area contributed by atoms with Gasteiger partial charge in [0.1, 0.15) is 17.2 Å². The molecule has 0 radical (unpaired) electrons. The maximum absolute atomic E-state index is 13.5. The van der Waals surface area contributed by atoms with Crippen LogP contribution in [0.5, 0.6) is 5.75 Å². The molecule has 2 N–H and O–H groups in total. The maximum atomic E-state index is 13.5. The van der Waals surface area contributed by atoms with Crippen molar-refractivity contribution in [3.8, 4) is 17.0 Å². The number of carbonyl (C=O) groups is 2.